The number of rotatable bonds is 4. The second-order valence-corrected chi connectivity index (χ2v) is 5.44. The van der Waals surface area contributed by atoms with Crippen LogP contribution in [0.15, 0.2) is 41.3 Å². The number of aromatic nitrogens is 2. The van der Waals surface area contributed by atoms with E-state index in [1.54, 1.807) is 19.4 Å². The highest BCUT2D eigenvalue weighted by atomic mass is 79.9. The summed E-state index contributed by atoms with van der Waals surface area (Å²) in [7, 11) is 1.75. The van der Waals surface area contributed by atoms with Gasteiger partial charge in [0.15, 0.2) is 0 Å². The van der Waals surface area contributed by atoms with Crippen molar-refractivity contribution in [2.45, 2.75) is 18.6 Å². The summed E-state index contributed by atoms with van der Waals surface area (Å²) in [5, 5.41) is 3.06. The van der Waals surface area contributed by atoms with Gasteiger partial charge in [-0.15, -0.1) is 0 Å². The molecule has 0 aliphatic rings. The molecule has 0 saturated carbocycles. The Bertz CT molecular complexity index is 599. The van der Waals surface area contributed by atoms with Crippen molar-refractivity contribution in [3.63, 3.8) is 0 Å². The Morgan fingerprint density at radius 2 is 2.00 bits per heavy atom. The largest absolute Gasteiger partial charge is 0.417 e. The molecule has 0 aromatic carbocycles. The minimum Gasteiger partial charge on any atom is -0.311 e. The monoisotopic (exact) mass is 359 g/mol. The second kappa shape index (κ2) is 6.53. The molecule has 1 unspecified atom stereocenters. The van der Waals surface area contributed by atoms with Crippen LogP contribution in [0.1, 0.15) is 22.9 Å². The predicted molar refractivity (Wildman–Crippen MR) is 76.7 cm³/mol. The van der Waals surface area contributed by atoms with Crippen molar-refractivity contribution in [3.05, 3.63) is 58.1 Å². The van der Waals surface area contributed by atoms with Crippen LogP contribution in [0.25, 0.3) is 0 Å². The lowest BCUT2D eigenvalue weighted by Gasteiger charge is -2.16. The standard InChI is InChI=1S/C14H13BrF3N3/c1-19-13(5-9-4-11(15)8-20-6-9)12-3-2-10(7-21-12)14(16,17)18/h2-4,6-8,13,19H,5H2,1H3. The van der Waals surface area contributed by atoms with E-state index in [2.05, 4.69) is 31.2 Å². The van der Waals surface area contributed by atoms with E-state index in [1.807, 2.05) is 6.07 Å². The molecule has 2 heterocycles. The highest BCUT2D eigenvalue weighted by Gasteiger charge is 2.30. The molecule has 0 aliphatic carbocycles. The summed E-state index contributed by atoms with van der Waals surface area (Å²) in [6, 6.07) is 4.19. The van der Waals surface area contributed by atoms with Gasteiger partial charge in [-0.05, 0) is 53.2 Å². The normalized spacial score (nSPS) is 13.2. The molecule has 2 rings (SSSR count). The summed E-state index contributed by atoms with van der Waals surface area (Å²) < 4.78 is 38.4. The van der Waals surface area contributed by atoms with Crippen LogP contribution in [0.5, 0.6) is 0 Å². The lowest BCUT2D eigenvalue weighted by molar-refractivity contribution is -0.137. The number of nitrogens with one attached hydrogen (secondary N) is 1. The summed E-state index contributed by atoms with van der Waals surface area (Å²) in [6.45, 7) is 0. The van der Waals surface area contributed by atoms with Crippen LogP contribution in [-0.2, 0) is 12.6 Å². The van der Waals surface area contributed by atoms with Crippen LogP contribution in [0, 0.1) is 0 Å². The fourth-order valence-corrected chi connectivity index (χ4v) is 2.35. The fourth-order valence-electron chi connectivity index (χ4n) is 1.94. The van der Waals surface area contributed by atoms with Gasteiger partial charge in [0.2, 0.25) is 0 Å². The molecular formula is C14H13BrF3N3. The van der Waals surface area contributed by atoms with Crippen molar-refractivity contribution in [2.75, 3.05) is 7.05 Å². The molecule has 0 bridgehead atoms. The molecule has 0 fully saturated rings. The third kappa shape index (κ3) is 4.25. The van der Waals surface area contributed by atoms with E-state index < -0.39 is 11.7 Å². The Labute approximate surface area is 128 Å². The topological polar surface area (TPSA) is 37.8 Å². The van der Waals surface area contributed by atoms with Gasteiger partial charge in [-0.25, -0.2) is 0 Å². The number of halogens is 4. The quantitative estimate of drug-likeness (QED) is 0.902. The van der Waals surface area contributed by atoms with Crippen LogP contribution in [-0.4, -0.2) is 17.0 Å². The molecule has 0 radical (unpaired) electrons. The Kier molecular flexibility index (Phi) is 4.95. The van der Waals surface area contributed by atoms with Crippen LogP contribution < -0.4 is 5.32 Å². The third-order valence-electron chi connectivity index (χ3n) is 3.02. The number of nitrogens with zero attached hydrogens (tertiary/aromatic N) is 2. The van der Waals surface area contributed by atoms with Gasteiger partial charge in [-0.1, -0.05) is 0 Å². The first-order valence-electron chi connectivity index (χ1n) is 6.20. The molecule has 1 atom stereocenters. The molecule has 3 nitrogen and oxygen atoms in total. The molecule has 0 amide bonds. The van der Waals surface area contributed by atoms with Crippen molar-refractivity contribution < 1.29 is 13.2 Å². The Balaban J connectivity index is 2.18. The number of hydrogen-bond acceptors (Lipinski definition) is 3. The van der Waals surface area contributed by atoms with Crippen LogP contribution in [0.2, 0.25) is 0 Å². The van der Waals surface area contributed by atoms with Crippen molar-refractivity contribution in [3.8, 4) is 0 Å². The number of alkyl halides is 3. The lowest BCUT2D eigenvalue weighted by atomic mass is 10.0. The Morgan fingerprint density at radius 1 is 1.24 bits per heavy atom. The third-order valence-corrected chi connectivity index (χ3v) is 3.45. The van der Waals surface area contributed by atoms with E-state index in [0.717, 1.165) is 22.3 Å². The summed E-state index contributed by atoms with van der Waals surface area (Å²) in [6.07, 6.45) is 0.475. The zero-order valence-electron chi connectivity index (χ0n) is 11.2. The van der Waals surface area contributed by atoms with Crippen LogP contribution >= 0.6 is 15.9 Å². The molecule has 112 valence electrons. The smallest absolute Gasteiger partial charge is 0.311 e. The second-order valence-electron chi connectivity index (χ2n) is 4.53. The van der Waals surface area contributed by atoms with Gasteiger partial charge in [-0.3, -0.25) is 9.97 Å². The minimum atomic E-state index is -4.37. The first-order valence-corrected chi connectivity index (χ1v) is 6.99. The highest BCUT2D eigenvalue weighted by molar-refractivity contribution is 9.10. The van der Waals surface area contributed by atoms with Gasteiger partial charge in [0.05, 0.1) is 17.3 Å². The molecule has 0 spiro atoms. The predicted octanol–water partition coefficient (Wildman–Crippen LogP) is 3.76. The van der Waals surface area contributed by atoms with Crippen molar-refractivity contribution in [2.24, 2.45) is 0 Å². The molecule has 21 heavy (non-hydrogen) atoms. The van der Waals surface area contributed by atoms with Crippen molar-refractivity contribution >= 4 is 15.9 Å². The first-order chi connectivity index (χ1) is 9.90. The van der Waals surface area contributed by atoms with Gasteiger partial charge >= 0.3 is 6.18 Å². The van der Waals surface area contributed by atoms with E-state index in [-0.39, 0.29) is 6.04 Å². The fraction of sp³-hybridized carbons (Fsp3) is 0.286. The zero-order valence-corrected chi connectivity index (χ0v) is 12.7. The van der Waals surface area contributed by atoms with Crippen molar-refractivity contribution in [1.82, 2.24) is 15.3 Å². The van der Waals surface area contributed by atoms with E-state index in [4.69, 9.17) is 0 Å². The molecule has 7 heteroatoms. The van der Waals surface area contributed by atoms with E-state index in [0.29, 0.717) is 12.1 Å². The van der Waals surface area contributed by atoms with Gasteiger partial charge in [0.25, 0.3) is 0 Å². The molecule has 1 N–H and O–H groups in total. The maximum atomic E-state index is 12.5. The van der Waals surface area contributed by atoms with Crippen molar-refractivity contribution in [1.29, 1.82) is 0 Å². The molecular weight excluding hydrogens is 347 g/mol. The Morgan fingerprint density at radius 3 is 2.52 bits per heavy atom. The summed E-state index contributed by atoms with van der Waals surface area (Å²) >= 11 is 3.34. The number of likely N-dealkylation sites (N-methyl/N-ethyl adjacent to an activating group) is 1. The van der Waals surface area contributed by atoms with Gasteiger partial charge < -0.3 is 5.32 Å². The van der Waals surface area contributed by atoms with Crippen LogP contribution in [0.4, 0.5) is 13.2 Å². The van der Waals surface area contributed by atoms with E-state index >= 15 is 0 Å². The maximum Gasteiger partial charge on any atom is 0.417 e. The number of hydrogen-bond donors (Lipinski definition) is 1. The summed E-state index contributed by atoms with van der Waals surface area (Å²) in [5.41, 5.74) is 0.779. The van der Waals surface area contributed by atoms with Gasteiger partial charge in [-0.2, -0.15) is 13.2 Å². The molecule has 0 aliphatic heterocycles. The number of pyridine rings is 2. The average Bonchev–Trinajstić information content (AvgIpc) is 2.44. The first kappa shape index (κ1) is 15.9. The Hall–Kier alpha value is -1.47. The SMILES string of the molecule is CNC(Cc1cncc(Br)c1)c1ccc(C(F)(F)F)cn1. The molecule has 2 aromatic heterocycles. The highest BCUT2D eigenvalue weighted by Crippen LogP contribution is 2.29. The van der Waals surface area contributed by atoms with Crippen LogP contribution in [0.3, 0.4) is 0 Å². The zero-order chi connectivity index (χ0) is 15.5. The maximum absolute atomic E-state index is 12.5. The van der Waals surface area contributed by atoms with E-state index in [1.165, 1.54) is 6.07 Å². The minimum absolute atomic E-state index is 0.177. The average molecular weight is 360 g/mol. The summed E-state index contributed by atoms with van der Waals surface area (Å²) in [4.78, 5) is 7.99. The van der Waals surface area contributed by atoms with E-state index in [9.17, 15) is 13.2 Å². The van der Waals surface area contributed by atoms with Gasteiger partial charge in [0.1, 0.15) is 0 Å². The summed E-state index contributed by atoms with van der Waals surface area (Å²) in [5.74, 6) is 0. The van der Waals surface area contributed by atoms with Gasteiger partial charge in [0, 0.05) is 23.1 Å². The lowest BCUT2D eigenvalue weighted by Crippen LogP contribution is -2.20. The molecule has 2 aromatic rings. The molecule has 0 saturated heterocycles.